The molecule has 0 saturated carbocycles. The zero-order valence-corrected chi connectivity index (χ0v) is 13.5. The summed E-state index contributed by atoms with van der Waals surface area (Å²) in [5.74, 6) is 0.0540. The first kappa shape index (κ1) is 17.5. The van der Waals surface area contributed by atoms with Crippen LogP contribution in [0.5, 0.6) is 5.75 Å². The number of aryl methyl sites for hydroxylation is 1. The molecule has 2 aromatic carbocycles. The van der Waals surface area contributed by atoms with Crippen LogP contribution in [0.3, 0.4) is 0 Å². The number of benzene rings is 2. The van der Waals surface area contributed by atoms with Crippen molar-refractivity contribution >= 4 is 11.6 Å². The molecule has 0 bridgehead atoms. The average molecular weight is 328 g/mol. The number of non-ortho nitro benzene ring substituents is 1. The highest BCUT2D eigenvalue weighted by Gasteiger charge is 2.10. The maximum absolute atomic E-state index is 11.9. The summed E-state index contributed by atoms with van der Waals surface area (Å²) < 4.78 is 5.31. The molecule has 1 N–H and O–H groups in total. The van der Waals surface area contributed by atoms with Crippen LogP contribution in [-0.4, -0.2) is 23.5 Å². The lowest BCUT2D eigenvalue weighted by molar-refractivity contribution is -0.384. The maximum atomic E-state index is 11.9. The summed E-state index contributed by atoms with van der Waals surface area (Å²) in [6.07, 6.45) is 1.71. The van der Waals surface area contributed by atoms with Crippen molar-refractivity contribution in [3.8, 4) is 5.75 Å². The van der Waals surface area contributed by atoms with Gasteiger partial charge in [0.2, 0.25) is 0 Å². The number of rotatable bonds is 8. The molecule has 0 unspecified atom stereocenters. The fourth-order valence-electron chi connectivity index (χ4n) is 2.25. The van der Waals surface area contributed by atoms with Crippen LogP contribution in [0.1, 0.15) is 18.9 Å². The number of amides is 1. The van der Waals surface area contributed by atoms with Gasteiger partial charge in [-0.3, -0.25) is 14.9 Å². The highest BCUT2D eigenvalue weighted by atomic mass is 16.6. The fourth-order valence-corrected chi connectivity index (χ4v) is 2.25. The normalized spacial score (nSPS) is 11.5. The van der Waals surface area contributed by atoms with Gasteiger partial charge in [-0.05, 0) is 31.4 Å². The van der Waals surface area contributed by atoms with Crippen LogP contribution in [0.15, 0.2) is 54.6 Å². The quantitative estimate of drug-likeness (QED) is 0.596. The van der Waals surface area contributed by atoms with E-state index in [9.17, 15) is 14.9 Å². The van der Waals surface area contributed by atoms with E-state index in [1.54, 1.807) is 6.07 Å². The predicted molar refractivity (Wildman–Crippen MR) is 91.0 cm³/mol. The summed E-state index contributed by atoms with van der Waals surface area (Å²) in [6, 6.07) is 15.9. The van der Waals surface area contributed by atoms with Gasteiger partial charge in [0.25, 0.3) is 11.6 Å². The smallest absolute Gasteiger partial charge is 0.273 e. The maximum Gasteiger partial charge on any atom is 0.273 e. The minimum absolute atomic E-state index is 0.0198. The van der Waals surface area contributed by atoms with E-state index in [1.807, 2.05) is 25.1 Å². The number of hydrogen-bond donors (Lipinski definition) is 1. The Hall–Kier alpha value is -2.89. The number of carbonyl (C=O) groups excluding carboxylic acids is 1. The fraction of sp³-hybridized carbons (Fsp3) is 0.278. The molecule has 0 aliphatic rings. The first-order chi connectivity index (χ1) is 11.5. The third-order valence-corrected chi connectivity index (χ3v) is 3.51. The van der Waals surface area contributed by atoms with E-state index < -0.39 is 4.92 Å². The van der Waals surface area contributed by atoms with Gasteiger partial charge < -0.3 is 10.1 Å². The Morgan fingerprint density at radius 2 is 1.96 bits per heavy atom. The van der Waals surface area contributed by atoms with Crippen LogP contribution < -0.4 is 10.1 Å². The molecule has 0 aromatic heterocycles. The van der Waals surface area contributed by atoms with Crippen molar-refractivity contribution in [2.45, 2.75) is 25.8 Å². The number of ether oxygens (including phenoxy) is 1. The lowest BCUT2D eigenvalue weighted by Gasteiger charge is -2.14. The van der Waals surface area contributed by atoms with Gasteiger partial charge in [-0.2, -0.15) is 0 Å². The molecule has 1 atom stereocenters. The van der Waals surface area contributed by atoms with Gasteiger partial charge in [-0.15, -0.1) is 0 Å². The molecule has 0 aliphatic carbocycles. The highest BCUT2D eigenvalue weighted by molar-refractivity contribution is 5.77. The summed E-state index contributed by atoms with van der Waals surface area (Å²) >= 11 is 0. The first-order valence-corrected chi connectivity index (χ1v) is 7.75. The van der Waals surface area contributed by atoms with Crippen molar-refractivity contribution in [1.82, 2.24) is 5.32 Å². The minimum atomic E-state index is -0.501. The standard InChI is InChI=1S/C18H20N2O4/c1-14(10-11-15-6-3-2-4-7-15)19-18(21)13-24-17-9-5-8-16(12-17)20(22)23/h2-9,12,14H,10-11,13H2,1H3,(H,19,21)/t14-/m0/s1. The van der Waals surface area contributed by atoms with E-state index in [4.69, 9.17) is 4.74 Å². The number of nitro groups is 1. The van der Waals surface area contributed by atoms with Crippen LogP contribution >= 0.6 is 0 Å². The van der Waals surface area contributed by atoms with E-state index in [0.717, 1.165) is 12.8 Å². The third kappa shape index (κ3) is 5.72. The van der Waals surface area contributed by atoms with Crippen molar-refractivity contribution in [3.05, 3.63) is 70.3 Å². The van der Waals surface area contributed by atoms with Crippen LogP contribution in [0.25, 0.3) is 0 Å². The van der Waals surface area contributed by atoms with Crippen molar-refractivity contribution in [1.29, 1.82) is 0 Å². The molecule has 0 aliphatic heterocycles. The summed E-state index contributed by atoms with van der Waals surface area (Å²) in [6.45, 7) is 1.77. The number of carbonyl (C=O) groups is 1. The zero-order valence-electron chi connectivity index (χ0n) is 13.5. The molecule has 24 heavy (non-hydrogen) atoms. The SMILES string of the molecule is C[C@@H](CCc1ccccc1)NC(=O)COc1cccc([N+](=O)[O-])c1. The Kier molecular flexibility index (Phi) is 6.31. The molecule has 0 spiro atoms. The minimum Gasteiger partial charge on any atom is -0.484 e. The molecule has 0 saturated heterocycles. The van der Waals surface area contributed by atoms with Gasteiger partial charge in [-0.1, -0.05) is 36.4 Å². The van der Waals surface area contributed by atoms with E-state index >= 15 is 0 Å². The summed E-state index contributed by atoms with van der Waals surface area (Å²) in [7, 11) is 0. The van der Waals surface area contributed by atoms with Gasteiger partial charge in [0.1, 0.15) is 5.75 Å². The Balaban J connectivity index is 1.74. The van der Waals surface area contributed by atoms with Crippen LogP contribution in [-0.2, 0) is 11.2 Å². The van der Waals surface area contributed by atoms with Crippen molar-refractivity contribution in [2.24, 2.45) is 0 Å². The number of hydrogen-bond acceptors (Lipinski definition) is 4. The van der Waals surface area contributed by atoms with Crippen LogP contribution in [0.2, 0.25) is 0 Å². The molecule has 0 radical (unpaired) electrons. The molecule has 0 fully saturated rings. The predicted octanol–water partition coefficient (Wildman–Crippen LogP) is 3.11. The second-order valence-corrected chi connectivity index (χ2v) is 5.54. The highest BCUT2D eigenvalue weighted by Crippen LogP contribution is 2.18. The molecule has 1 amide bonds. The molecule has 126 valence electrons. The molecule has 6 heteroatoms. The van der Waals surface area contributed by atoms with Crippen molar-refractivity contribution in [3.63, 3.8) is 0 Å². The molecule has 2 rings (SSSR count). The third-order valence-electron chi connectivity index (χ3n) is 3.51. The Labute approximate surface area is 140 Å². The molecule has 0 heterocycles. The van der Waals surface area contributed by atoms with Gasteiger partial charge in [-0.25, -0.2) is 0 Å². The first-order valence-electron chi connectivity index (χ1n) is 7.75. The summed E-state index contributed by atoms with van der Waals surface area (Å²) in [4.78, 5) is 22.1. The number of nitrogens with zero attached hydrogens (tertiary/aromatic N) is 1. The molecular weight excluding hydrogens is 308 g/mol. The second kappa shape index (κ2) is 8.67. The van der Waals surface area contributed by atoms with Crippen LogP contribution in [0, 0.1) is 10.1 Å². The van der Waals surface area contributed by atoms with Gasteiger partial charge in [0.15, 0.2) is 6.61 Å². The second-order valence-electron chi connectivity index (χ2n) is 5.54. The molecular formula is C18H20N2O4. The van der Waals surface area contributed by atoms with E-state index in [2.05, 4.69) is 17.4 Å². The molecule has 2 aromatic rings. The van der Waals surface area contributed by atoms with E-state index in [0.29, 0.717) is 5.75 Å². The Morgan fingerprint density at radius 3 is 2.67 bits per heavy atom. The van der Waals surface area contributed by atoms with E-state index in [1.165, 1.54) is 23.8 Å². The monoisotopic (exact) mass is 328 g/mol. The summed E-state index contributed by atoms with van der Waals surface area (Å²) in [5, 5.41) is 13.6. The summed E-state index contributed by atoms with van der Waals surface area (Å²) in [5.41, 5.74) is 1.16. The van der Waals surface area contributed by atoms with Gasteiger partial charge in [0.05, 0.1) is 11.0 Å². The zero-order chi connectivity index (χ0) is 17.4. The lowest BCUT2D eigenvalue weighted by atomic mass is 10.1. The number of nitro benzene ring substituents is 1. The molecule has 6 nitrogen and oxygen atoms in total. The lowest BCUT2D eigenvalue weighted by Crippen LogP contribution is -2.36. The van der Waals surface area contributed by atoms with Gasteiger partial charge >= 0.3 is 0 Å². The van der Waals surface area contributed by atoms with Crippen molar-refractivity contribution < 1.29 is 14.5 Å². The average Bonchev–Trinajstić information content (AvgIpc) is 2.59. The number of nitrogens with one attached hydrogen (secondary N) is 1. The van der Waals surface area contributed by atoms with Crippen molar-refractivity contribution in [2.75, 3.05) is 6.61 Å². The van der Waals surface area contributed by atoms with E-state index in [-0.39, 0.29) is 24.2 Å². The Bertz CT molecular complexity index is 688. The topological polar surface area (TPSA) is 81.5 Å². The van der Waals surface area contributed by atoms with Crippen LogP contribution in [0.4, 0.5) is 5.69 Å². The largest absolute Gasteiger partial charge is 0.484 e. The Morgan fingerprint density at radius 1 is 1.21 bits per heavy atom. The van der Waals surface area contributed by atoms with Gasteiger partial charge in [0, 0.05) is 12.1 Å².